The predicted molar refractivity (Wildman–Crippen MR) is 62.9 cm³/mol. The number of carbonyl (C=O) groups excluding carboxylic acids is 1. The van der Waals surface area contributed by atoms with Crippen molar-refractivity contribution < 1.29 is 4.79 Å². The maximum absolute atomic E-state index is 12.2. The van der Waals surface area contributed by atoms with E-state index >= 15 is 0 Å². The number of thiazole rings is 1. The second kappa shape index (κ2) is 4.17. The fraction of sp³-hybridized carbons (Fsp3) is 0.364. The summed E-state index contributed by atoms with van der Waals surface area (Å²) < 4.78 is 1.71. The lowest BCUT2D eigenvalue weighted by Crippen LogP contribution is -2.10. The summed E-state index contributed by atoms with van der Waals surface area (Å²) in [7, 11) is 0. The molecule has 0 unspecified atom stereocenters. The lowest BCUT2D eigenvalue weighted by Gasteiger charge is -2.02. The first-order valence-electron chi connectivity index (χ1n) is 5.14. The minimum Gasteiger partial charge on any atom is -0.286 e. The van der Waals surface area contributed by atoms with E-state index in [2.05, 4.69) is 10.1 Å². The molecule has 0 amide bonds. The lowest BCUT2D eigenvalue weighted by atomic mass is 10.2. The van der Waals surface area contributed by atoms with Gasteiger partial charge < -0.3 is 0 Å². The predicted octanol–water partition coefficient (Wildman–Crippen LogP) is 2.21. The van der Waals surface area contributed by atoms with Crippen molar-refractivity contribution in [2.45, 2.75) is 27.3 Å². The Morgan fingerprint density at radius 3 is 2.81 bits per heavy atom. The molecule has 2 aromatic rings. The van der Waals surface area contributed by atoms with E-state index < -0.39 is 0 Å². The zero-order chi connectivity index (χ0) is 11.7. The molecule has 0 spiro atoms. The second-order valence-corrected chi connectivity index (χ2v) is 4.71. The summed E-state index contributed by atoms with van der Waals surface area (Å²) in [5.41, 5.74) is 1.44. The van der Waals surface area contributed by atoms with E-state index in [0.717, 1.165) is 10.7 Å². The van der Waals surface area contributed by atoms with Gasteiger partial charge in [0.25, 0.3) is 0 Å². The van der Waals surface area contributed by atoms with Crippen LogP contribution in [0.5, 0.6) is 0 Å². The Hall–Kier alpha value is -1.49. The van der Waals surface area contributed by atoms with Crippen molar-refractivity contribution in [2.24, 2.45) is 0 Å². The van der Waals surface area contributed by atoms with Gasteiger partial charge in [0.1, 0.15) is 5.69 Å². The molecule has 0 aliphatic heterocycles. The summed E-state index contributed by atoms with van der Waals surface area (Å²) in [5.74, 6) is 0.0162. The average molecular weight is 235 g/mol. The molecule has 2 heterocycles. The third-order valence-corrected chi connectivity index (χ3v) is 3.43. The molecule has 0 aromatic carbocycles. The maximum atomic E-state index is 12.2. The number of nitrogens with zero attached hydrogens (tertiary/aromatic N) is 3. The van der Waals surface area contributed by atoms with E-state index in [-0.39, 0.29) is 5.78 Å². The first-order valence-corrected chi connectivity index (χ1v) is 5.95. The van der Waals surface area contributed by atoms with Gasteiger partial charge in [-0.1, -0.05) is 0 Å². The van der Waals surface area contributed by atoms with E-state index in [4.69, 9.17) is 0 Å². The van der Waals surface area contributed by atoms with Gasteiger partial charge in [-0.25, -0.2) is 4.98 Å². The van der Waals surface area contributed by atoms with Gasteiger partial charge in [-0.05, 0) is 26.8 Å². The van der Waals surface area contributed by atoms with Gasteiger partial charge in [0.05, 0.1) is 15.6 Å². The van der Waals surface area contributed by atoms with Gasteiger partial charge in [-0.2, -0.15) is 5.10 Å². The fourth-order valence-electron chi connectivity index (χ4n) is 1.64. The minimum atomic E-state index is 0.0162. The van der Waals surface area contributed by atoms with Crippen LogP contribution < -0.4 is 0 Å². The first kappa shape index (κ1) is 11.0. The molecule has 0 saturated heterocycles. The number of hydrogen-bond acceptors (Lipinski definition) is 4. The van der Waals surface area contributed by atoms with E-state index in [1.165, 1.54) is 11.3 Å². The van der Waals surface area contributed by atoms with Crippen LogP contribution in [0.1, 0.15) is 33.0 Å². The summed E-state index contributed by atoms with van der Waals surface area (Å²) in [6.07, 6.45) is 1.65. The number of aryl methyl sites for hydroxylation is 3. The third-order valence-electron chi connectivity index (χ3n) is 2.36. The average Bonchev–Trinajstić information content (AvgIpc) is 2.83. The smallest absolute Gasteiger partial charge is 0.222 e. The van der Waals surface area contributed by atoms with Gasteiger partial charge in [-0.3, -0.25) is 9.48 Å². The zero-order valence-electron chi connectivity index (χ0n) is 9.52. The van der Waals surface area contributed by atoms with Crippen LogP contribution in [0.2, 0.25) is 0 Å². The molecule has 2 rings (SSSR count). The molecule has 84 valence electrons. The second-order valence-electron chi connectivity index (χ2n) is 3.51. The molecule has 2 aromatic heterocycles. The standard InChI is InChI=1S/C11H13N3OS/c1-4-14-9(5-6-12-14)10(15)11-7(2)13-8(3)16-11/h5-6H,4H2,1-3H3. The molecule has 5 heteroatoms. The van der Waals surface area contributed by atoms with E-state index in [1.807, 2.05) is 20.8 Å². The Labute approximate surface area is 97.9 Å². The van der Waals surface area contributed by atoms with Crippen LogP contribution in [0.3, 0.4) is 0 Å². The Balaban J connectivity index is 2.43. The van der Waals surface area contributed by atoms with Gasteiger partial charge in [-0.15, -0.1) is 11.3 Å². The highest BCUT2D eigenvalue weighted by atomic mass is 32.1. The number of hydrogen-bond donors (Lipinski definition) is 0. The van der Waals surface area contributed by atoms with Crippen molar-refractivity contribution in [1.82, 2.24) is 14.8 Å². The number of carbonyl (C=O) groups is 1. The highest BCUT2D eigenvalue weighted by Gasteiger charge is 2.18. The zero-order valence-corrected chi connectivity index (χ0v) is 10.3. The van der Waals surface area contributed by atoms with Gasteiger partial charge in [0, 0.05) is 12.7 Å². The fourth-order valence-corrected chi connectivity index (χ4v) is 2.50. The first-order chi connectivity index (χ1) is 7.63. The van der Waals surface area contributed by atoms with Crippen LogP contribution >= 0.6 is 11.3 Å². The lowest BCUT2D eigenvalue weighted by molar-refractivity contribution is 0.103. The number of aromatic nitrogens is 3. The van der Waals surface area contributed by atoms with Crippen LogP contribution in [0.15, 0.2) is 12.3 Å². The molecule has 0 N–H and O–H groups in total. The van der Waals surface area contributed by atoms with Gasteiger partial charge >= 0.3 is 0 Å². The molecule has 0 bridgehead atoms. The summed E-state index contributed by atoms with van der Waals surface area (Å²) in [6, 6.07) is 1.75. The highest BCUT2D eigenvalue weighted by Crippen LogP contribution is 2.20. The van der Waals surface area contributed by atoms with E-state index in [1.54, 1.807) is 16.9 Å². The Kier molecular flexibility index (Phi) is 2.87. The van der Waals surface area contributed by atoms with Crippen molar-refractivity contribution in [2.75, 3.05) is 0 Å². The van der Waals surface area contributed by atoms with Crippen LogP contribution in [0.25, 0.3) is 0 Å². The molecule has 0 atom stereocenters. The monoisotopic (exact) mass is 235 g/mol. The summed E-state index contributed by atoms with van der Waals surface area (Å²) in [6.45, 7) is 6.44. The molecular formula is C11H13N3OS. The number of ketones is 1. The van der Waals surface area contributed by atoms with E-state index in [9.17, 15) is 4.79 Å². The van der Waals surface area contributed by atoms with Crippen LogP contribution in [-0.4, -0.2) is 20.5 Å². The van der Waals surface area contributed by atoms with Crippen molar-refractivity contribution in [3.8, 4) is 0 Å². The molecule has 0 radical (unpaired) electrons. The van der Waals surface area contributed by atoms with Crippen molar-refractivity contribution >= 4 is 17.1 Å². The van der Waals surface area contributed by atoms with Gasteiger partial charge in [0.2, 0.25) is 5.78 Å². The maximum Gasteiger partial charge on any atom is 0.222 e. The SMILES string of the molecule is CCn1nccc1C(=O)c1sc(C)nc1C. The molecular weight excluding hydrogens is 222 g/mol. The molecule has 0 fully saturated rings. The summed E-state index contributed by atoms with van der Waals surface area (Å²) in [4.78, 5) is 17.2. The van der Waals surface area contributed by atoms with Crippen LogP contribution in [0.4, 0.5) is 0 Å². The third kappa shape index (κ3) is 1.78. The minimum absolute atomic E-state index is 0.0162. The van der Waals surface area contributed by atoms with Crippen LogP contribution in [-0.2, 0) is 6.54 Å². The van der Waals surface area contributed by atoms with Crippen molar-refractivity contribution in [3.05, 3.63) is 33.5 Å². The molecule has 16 heavy (non-hydrogen) atoms. The molecule has 0 aliphatic rings. The molecule has 4 nitrogen and oxygen atoms in total. The Morgan fingerprint density at radius 2 is 2.25 bits per heavy atom. The largest absolute Gasteiger partial charge is 0.286 e. The Bertz CT molecular complexity index is 527. The summed E-state index contributed by atoms with van der Waals surface area (Å²) in [5, 5.41) is 5.02. The normalized spacial score (nSPS) is 10.7. The Morgan fingerprint density at radius 1 is 1.50 bits per heavy atom. The van der Waals surface area contributed by atoms with Crippen LogP contribution in [0, 0.1) is 13.8 Å². The number of rotatable bonds is 3. The molecule has 0 aliphatic carbocycles. The van der Waals surface area contributed by atoms with Crippen molar-refractivity contribution in [1.29, 1.82) is 0 Å². The summed E-state index contributed by atoms with van der Waals surface area (Å²) >= 11 is 1.44. The van der Waals surface area contributed by atoms with Gasteiger partial charge in [0.15, 0.2) is 0 Å². The van der Waals surface area contributed by atoms with E-state index in [0.29, 0.717) is 17.1 Å². The highest BCUT2D eigenvalue weighted by molar-refractivity contribution is 7.13. The topological polar surface area (TPSA) is 47.8 Å². The van der Waals surface area contributed by atoms with Crippen molar-refractivity contribution in [3.63, 3.8) is 0 Å². The quantitative estimate of drug-likeness (QED) is 0.766. The molecule has 0 saturated carbocycles.